The molecule has 0 radical (unpaired) electrons. The van der Waals surface area contributed by atoms with Gasteiger partial charge in [0.15, 0.2) is 0 Å². The molecule has 0 spiro atoms. The average Bonchev–Trinajstić information content (AvgIpc) is 4.01. The molecule has 15 aromatic rings. The number of furan rings is 2. The fourth-order valence-electron chi connectivity index (χ4n) is 13.9. The zero-order valence-electron chi connectivity index (χ0n) is 43.4. The Labute approximate surface area is 449 Å². The van der Waals surface area contributed by atoms with Crippen LogP contribution in [0.2, 0.25) is 0 Å². The number of hydrogen-bond donors (Lipinski definition) is 0. The van der Waals surface area contributed by atoms with Crippen LogP contribution in [0.3, 0.4) is 0 Å². The van der Waals surface area contributed by atoms with Crippen molar-refractivity contribution in [3.05, 3.63) is 241 Å². The van der Waals surface area contributed by atoms with Crippen LogP contribution in [0.4, 0.5) is 34.1 Å². The predicted octanol–water partition coefficient (Wildman–Crippen LogP) is 19.9. The summed E-state index contributed by atoms with van der Waals surface area (Å²) >= 11 is 0. The third-order valence-corrected chi connectivity index (χ3v) is 17.7. The molecule has 0 saturated carbocycles. The summed E-state index contributed by atoms with van der Waals surface area (Å²) in [5, 5.41) is 14.3. The van der Waals surface area contributed by atoms with Gasteiger partial charge in [-0.1, -0.05) is 137 Å². The first-order valence-corrected chi connectivity index (χ1v) is 26.9. The van der Waals surface area contributed by atoms with Gasteiger partial charge in [-0.2, -0.15) is 0 Å². The van der Waals surface area contributed by atoms with Crippen molar-refractivity contribution in [3.63, 3.8) is 0 Å². The lowest BCUT2D eigenvalue weighted by atomic mass is 9.72. The normalized spacial score (nSPS) is 14.6. The first-order chi connectivity index (χ1) is 38.2. The van der Waals surface area contributed by atoms with Crippen LogP contribution < -0.4 is 9.80 Å². The third-order valence-electron chi connectivity index (χ3n) is 17.7. The minimum absolute atomic E-state index is 0.352. The first-order valence-electron chi connectivity index (χ1n) is 26.9. The number of aromatic nitrogens is 2. The Morgan fingerprint density at radius 3 is 1.14 bits per heavy atom. The largest absolute Gasteiger partial charge is 0.456 e. The van der Waals surface area contributed by atoms with Crippen molar-refractivity contribution < 1.29 is 8.83 Å². The molecule has 78 heavy (non-hydrogen) atoms. The summed E-state index contributed by atoms with van der Waals surface area (Å²) in [7, 11) is 0. The van der Waals surface area contributed by atoms with Gasteiger partial charge in [-0.25, -0.2) is 0 Å². The second-order valence-corrected chi connectivity index (χ2v) is 22.5. The molecule has 0 amide bonds. The highest BCUT2D eigenvalue weighted by molar-refractivity contribution is 6.35. The Kier molecular flexibility index (Phi) is 8.60. The predicted molar refractivity (Wildman–Crippen MR) is 322 cm³/mol. The van der Waals surface area contributed by atoms with E-state index in [1.807, 2.05) is 36.9 Å². The summed E-state index contributed by atoms with van der Waals surface area (Å²) in [5.74, 6) is 0. The number of benzene rings is 11. The van der Waals surface area contributed by atoms with Gasteiger partial charge in [-0.15, -0.1) is 0 Å². The van der Waals surface area contributed by atoms with Gasteiger partial charge in [0.05, 0.1) is 34.1 Å². The topological polar surface area (TPSA) is 58.5 Å². The molecule has 6 nitrogen and oxygen atoms in total. The molecule has 11 aromatic carbocycles. The molecule has 0 saturated heterocycles. The van der Waals surface area contributed by atoms with Gasteiger partial charge in [0, 0.05) is 80.1 Å². The van der Waals surface area contributed by atoms with Gasteiger partial charge in [-0.05, 0) is 150 Å². The van der Waals surface area contributed by atoms with Gasteiger partial charge in [0.2, 0.25) is 0 Å². The molecule has 0 unspecified atom stereocenters. The number of fused-ring (bicyclic) bond motifs is 12. The SMILES string of the molecule is CC1(C)c2cc(-c3cccnc3)ccc2N(c2ccc3c4ccc(N5c6ccc(-c7cccnc7)cc6C(C)(C)c6cc7c(cc65)oc5ccccc57)c5cccc(c6cccc2c63)c54)c2cc3oc4ccccc4c3cc21. The van der Waals surface area contributed by atoms with E-state index in [2.05, 4.69) is 229 Å². The highest BCUT2D eigenvalue weighted by Gasteiger charge is 2.41. The second-order valence-electron chi connectivity index (χ2n) is 22.5. The summed E-state index contributed by atoms with van der Waals surface area (Å²) in [5.41, 5.74) is 19.1. The zero-order valence-corrected chi connectivity index (χ0v) is 43.4. The highest BCUT2D eigenvalue weighted by Crippen LogP contribution is 2.59. The lowest BCUT2D eigenvalue weighted by Crippen LogP contribution is -2.31. The molecule has 2 aliphatic rings. The number of anilines is 6. The molecule has 0 fully saturated rings. The molecule has 2 aliphatic heterocycles. The molecule has 368 valence electrons. The van der Waals surface area contributed by atoms with Gasteiger partial charge in [0.25, 0.3) is 0 Å². The Hall–Kier alpha value is -9.78. The van der Waals surface area contributed by atoms with Gasteiger partial charge < -0.3 is 18.6 Å². The van der Waals surface area contributed by atoms with Crippen LogP contribution in [0.5, 0.6) is 0 Å². The maximum Gasteiger partial charge on any atom is 0.137 e. The summed E-state index contributed by atoms with van der Waals surface area (Å²) < 4.78 is 13.3. The van der Waals surface area contributed by atoms with Crippen LogP contribution >= 0.6 is 0 Å². The Bertz CT molecular complexity index is 4710. The van der Waals surface area contributed by atoms with Gasteiger partial charge in [-0.3, -0.25) is 9.97 Å². The highest BCUT2D eigenvalue weighted by atomic mass is 16.3. The van der Waals surface area contributed by atoms with Crippen molar-refractivity contribution in [2.24, 2.45) is 0 Å². The van der Waals surface area contributed by atoms with Crippen LogP contribution in [-0.2, 0) is 10.8 Å². The van der Waals surface area contributed by atoms with E-state index < -0.39 is 0 Å². The average molecular weight is 1000 g/mol. The molecule has 6 heterocycles. The number of pyridine rings is 2. The minimum Gasteiger partial charge on any atom is -0.456 e. The summed E-state index contributed by atoms with van der Waals surface area (Å²) in [6.45, 7) is 9.47. The van der Waals surface area contributed by atoms with Gasteiger partial charge in [0.1, 0.15) is 22.3 Å². The lowest BCUT2D eigenvalue weighted by molar-refractivity contribution is 0.630. The smallest absolute Gasteiger partial charge is 0.137 e. The zero-order chi connectivity index (χ0) is 51.8. The first kappa shape index (κ1) is 43.5. The number of para-hydroxylation sites is 2. The third kappa shape index (κ3) is 5.81. The Balaban J connectivity index is 0.903. The van der Waals surface area contributed by atoms with E-state index in [1.54, 1.807) is 0 Å². The quantitative estimate of drug-likeness (QED) is 0.129. The van der Waals surface area contributed by atoms with E-state index in [9.17, 15) is 0 Å². The van der Waals surface area contributed by atoms with E-state index in [0.717, 1.165) is 100 Å². The Morgan fingerprint density at radius 1 is 0.295 bits per heavy atom. The standard InChI is InChI=1S/C72H48N4O2/c1-71(2)55-33-41(43-13-11-31-73-39-43)23-27-61(55)75(63-37-67-53(35-57(63)71)45-15-5-7-21-65(45)77-67)59-29-25-49-50-26-30-60(52-20-10-18-48(70(50)52)47-17-9-19-51(59)69(47)49)76-62-28-24-42(44-14-12-32-74-40-44)34-56(62)72(3,4)58-36-54-46-16-6-8-22-66(46)78-68(54)38-64(58)76/h5-40H,1-4H3. The van der Waals surface area contributed by atoms with Crippen molar-refractivity contribution >= 4 is 121 Å². The van der Waals surface area contributed by atoms with E-state index in [-0.39, 0.29) is 10.8 Å². The fourth-order valence-corrected chi connectivity index (χ4v) is 13.9. The van der Waals surface area contributed by atoms with Crippen LogP contribution in [0.15, 0.2) is 228 Å². The van der Waals surface area contributed by atoms with Crippen LogP contribution in [0.1, 0.15) is 49.9 Å². The summed E-state index contributed by atoms with van der Waals surface area (Å²) in [6, 6.07) is 71.7. The molecule has 0 bridgehead atoms. The van der Waals surface area contributed by atoms with E-state index >= 15 is 0 Å². The monoisotopic (exact) mass is 1000 g/mol. The molecule has 0 aliphatic carbocycles. The van der Waals surface area contributed by atoms with Crippen molar-refractivity contribution in [1.82, 2.24) is 9.97 Å². The van der Waals surface area contributed by atoms with E-state index in [0.29, 0.717) is 0 Å². The Morgan fingerprint density at radius 2 is 0.692 bits per heavy atom. The maximum atomic E-state index is 6.67. The molecule has 0 atom stereocenters. The lowest BCUT2D eigenvalue weighted by Gasteiger charge is -2.43. The maximum absolute atomic E-state index is 6.67. The van der Waals surface area contributed by atoms with Crippen molar-refractivity contribution in [2.75, 3.05) is 9.80 Å². The molecule has 4 aromatic heterocycles. The van der Waals surface area contributed by atoms with E-state index in [4.69, 9.17) is 8.83 Å². The van der Waals surface area contributed by atoms with Crippen molar-refractivity contribution in [3.8, 4) is 22.3 Å². The summed E-state index contributed by atoms with van der Waals surface area (Å²) in [6.07, 6.45) is 7.60. The number of hydrogen-bond acceptors (Lipinski definition) is 6. The van der Waals surface area contributed by atoms with Crippen LogP contribution in [0, 0.1) is 0 Å². The number of nitrogens with zero attached hydrogens (tertiary/aromatic N) is 4. The molecule has 0 N–H and O–H groups in total. The van der Waals surface area contributed by atoms with E-state index in [1.165, 1.54) is 65.3 Å². The molecule has 17 rings (SSSR count). The van der Waals surface area contributed by atoms with Crippen LogP contribution in [-0.4, -0.2) is 9.97 Å². The van der Waals surface area contributed by atoms with Crippen molar-refractivity contribution in [1.29, 1.82) is 0 Å². The second kappa shape index (κ2) is 15.4. The van der Waals surface area contributed by atoms with Crippen molar-refractivity contribution in [2.45, 2.75) is 38.5 Å². The molecular weight excluding hydrogens is 953 g/mol. The van der Waals surface area contributed by atoms with Crippen LogP contribution in [0.25, 0.3) is 109 Å². The minimum atomic E-state index is -0.352. The molecule has 6 heteroatoms. The number of rotatable bonds is 4. The van der Waals surface area contributed by atoms with Gasteiger partial charge >= 0.3 is 0 Å². The fraction of sp³-hybridized carbons (Fsp3) is 0.0833. The molecular formula is C72H48N4O2. The summed E-state index contributed by atoms with van der Waals surface area (Å²) in [4.78, 5) is 14.0.